The highest BCUT2D eigenvalue weighted by Crippen LogP contribution is 2.38. The highest BCUT2D eigenvalue weighted by Gasteiger charge is 2.26. The van der Waals surface area contributed by atoms with Gasteiger partial charge < -0.3 is 25.5 Å². The van der Waals surface area contributed by atoms with Crippen molar-refractivity contribution in [3.63, 3.8) is 0 Å². The van der Waals surface area contributed by atoms with Crippen molar-refractivity contribution in [2.75, 3.05) is 13.7 Å². The monoisotopic (exact) mass is 485 g/mol. The molecule has 2 aliphatic carbocycles. The summed E-state index contributed by atoms with van der Waals surface area (Å²) in [6.45, 7) is 2.58. The smallest absolute Gasteiger partial charge is 0.255 e. The molecular weight excluding hydrogens is 454 g/mol. The highest BCUT2D eigenvalue weighted by molar-refractivity contribution is 6.09. The van der Waals surface area contributed by atoms with Crippen molar-refractivity contribution >= 4 is 29.3 Å². The predicted molar refractivity (Wildman–Crippen MR) is 134 cm³/mol. The Morgan fingerprint density at radius 2 is 1.94 bits per heavy atom. The molecular formula is C25H32ClN5O3. The topological polar surface area (TPSA) is 115 Å². The van der Waals surface area contributed by atoms with Crippen LogP contribution in [0.25, 0.3) is 22.3 Å². The van der Waals surface area contributed by atoms with E-state index >= 15 is 0 Å². The van der Waals surface area contributed by atoms with E-state index in [0.29, 0.717) is 29.3 Å². The van der Waals surface area contributed by atoms with Crippen LogP contribution < -0.4 is 20.5 Å². The number of fused-ring (bicyclic) bond motifs is 1. The quantitative estimate of drug-likeness (QED) is 0.463. The van der Waals surface area contributed by atoms with E-state index in [-0.39, 0.29) is 30.4 Å². The number of hydrogen-bond acceptors (Lipinski definition) is 6. The third-order valence-electron chi connectivity index (χ3n) is 6.72. The maximum Gasteiger partial charge on any atom is 0.255 e. The number of hydrogen-bond donors (Lipinski definition) is 3. The van der Waals surface area contributed by atoms with Gasteiger partial charge in [0.15, 0.2) is 0 Å². The van der Waals surface area contributed by atoms with Crippen LogP contribution in [0.1, 0.15) is 54.6 Å². The molecule has 0 spiro atoms. The number of amides is 1. The molecule has 2 aliphatic rings. The molecule has 5 rings (SSSR count). The summed E-state index contributed by atoms with van der Waals surface area (Å²) in [5.74, 6) is 1.96. The molecule has 2 aromatic heterocycles. The number of halogens is 1. The number of carbonyl (C=O) groups excluding carboxylic acids is 1. The number of aryl methyl sites for hydroxylation is 1. The molecule has 0 bridgehead atoms. The summed E-state index contributed by atoms with van der Waals surface area (Å²) in [4.78, 5) is 25.6. The zero-order valence-corrected chi connectivity index (χ0v) is 20.4. The molecule has 0 radical (unpaired) electrons. The number of benzene rings is 1. The third-order valence-corrected chi connectivity index (χ3v) is 6.72. The zero-order chi connectivity index (χ0) is 22.9. The van der Waals surface area contributed by atoms with E-state index in [0.717, 1.165) is 54.0 Å². The lowest BCUT2D eigenvalue weighted by atomic mass is 9.91. The number of nitrogens with two attached hydrogens (primary N) is 1. The number of aromatic nitrogens is 3. The molecule has 4 N–H and O–H groups in total. The molecule has 182 valence electrons. The van der Waals surface area contributed by atoms with Gasteiger partial charge in [-0.3, -0.25) is 4.79 Å². The zero-order valence-electron chi connectivity index (χ0n) is 19.6. The van der Waals surface area contributed by atoms with Crippen molar-refractivity contribution in [2.24, 2.45) is 11.7 Å². The molecule has 8 nitrogen and oxygen atoms in total. The molecule has 2 fully saturated rings. The third kappa shape index (κ3) is 4.98. The van der Waals surface area contributed by atoms with Crippen LogP contribution in [-0.4, -0.2) is 46.7 Å². The Labute approximate surface area is 205 Å². The van der Waals surface area contributed by atoms with Gasteiger partial charge >= 0.3 is 0 Å². The first-order chi connectivity index (χ1) is 16.0. The number of nitrogens with zero attached hydrogens (tertiary/aromatic N) is 2. The number of methoxy groups -OCH3 is 1. The van der Waals surface area contributed by atoms with Gasteiger partial charge in [0.1, 0.15) is 29.0 Å². The lowest BCUT2D eigenvalue weighted by Crippen LogP contribution is -2.40. The minimum atomic E-state index is -0.108. The summed E-state index contributed by atoms with van der Waals surface area (Å²) in [6, 6.07) is 6.12. The van der Waals surface area contributed by atoms with Crippen LogP contribution in [0.5, 0.6) is 11.5 Å². The van der Waals surface area contributed by atoms with Gasteiger partial charge in [-0.2, -0.15) is 0 Å². The van der Waals surface area contributed by atoms with E-state index in [1.54, 1.807) is 7.11 Å². The van der Waals surface area contributed by atoms with Crippen molar-refractivity contribution in [1.82, 2.24) is 20.3 Å². The first-order valence-corrected chi connectivity index (χ1v) is 11.7. The second kappa shape index (κ2) is 10.2. The van der Waals surface area contributed by atoms with E-state index in [1.807, 2.05) is 25.1 Å². The Morgan fingerprint density at radius 3 is 2.65 bits per heavy atom. The van der Waals surface area contributed by atoms with Crippen molar-refractivity contribution < 1.29 is 14.3 Å². The Bertz CT molecular complexity index is 1170. The average molecular weight is 486 g/mol. The van der Waals surface area contributed by atoms with E-state index in [2.05, 4.69) is 20.3 Å². The van der Waals surface area contributed by atoms with Gasteiger partial charge in [-0.05, 0) is 63.5 Å². The lowest BCUT2D eigenvalue weighted by molar-refractivity contribution is 0.0927. The first-order valence-electron chi connectivity index (χ1n) is 11.7. The second-order valence-electron chi connectivity index (χ2n) is 9.27. The largest absolute Gasteiger partial charge is 0.497 e. The van der Waals surface area contributed by atoms with Crippen LogP contribution in [0.2, 0.25) is 0 Å². The molecule has 1 aromatic carbocycles. The van der Waals surface area contributed by atoms with Crippen LogP contribution in [0.3, 0.4) is 0 Å². The summed E-state index contributed by atoms with van der Waals surface area (Å²) >= 11 is 0. The maximum absolute atomic E-state index is 13.2. The molecule has 0 aliphatic heterocycles. The minimum Gasteiger partial charge on any atom is -0.497 e. The normalized spacial score (nSPS) is 20.0. The summed E-state index contributed by atoms with van der Waals surface area (Å²) < 4.78 is 11.6. The second-order valence-corrected chi connectivity index (χ2v) is 9.27. The van der Waals surface area contributed by atoms with Gasteiger partial charge in [-0.1, -0.05) is 0 Å². The number of carbonyl (C=O) groups is 1. The molecule has 0 atom stereocenters. The Balaban J connectivity index is 0.00000274. The van der Waals surface area contributed by atoms with E-state index in [9.17, 15) is 4.79 Å². The fourth-order valence-corrected chi connectivity index (χ4v) is 4.56. The van der Waals surface area contributed by atoms with Gasteiger partial charge in [-0.25, -0.2) is 9.97 Å². The van der Waals surface area contributed by atoms with Crippen molar-refractivity contribution in [2.45, 2.75) is 57.5 Å². The molecule has 0 saturated heterocycles. The van der Waals surface area contributed by atoms with E-state index in [4.69, 9.17) is 15.2 Å². The summed E-state index contributed by atoms with van der Waals surface area (Å²) in [5.41, 5.74) is 10.2. The summed E-state index contributed by atoms with van der Waals surface area (Å²) in [5, 5.41) is 3.18. The molecule has 0 unspecified atom stereocenters. The number of rotatable bonds is 7. The van der Waals surface area contributed by atoms with Crippen LogP contribution in [0, 0.1) is 12.8 Å². The van der Waals surface area contributed by atoms with E-state index < -0.39 is 0 Å². The fraction of sp³-hybridized carbons (Fsp3) is 0.480. The molecule has 9 heteroatoms. The van der Waals surface area contributed by atoms with Gasteiger partial charge in [-0.15, -0.1) is 12.4 Å². The minimum absolute atomic E-state index is 0. The van der Waals surface area contributed by atoms with Gasteiger partial charge in [0, 0.05) is 29.4 Å². The Kier molecular flexibility index (Phi) is 7.28. The molecule has 34 heavy (non-hydrogen) atoms. The number of ether oxygens (including phenoxy) is 2. The SMILES string of the molecule is COc1ccc(-c2ncnc3c(C(=O)NC4CCC(N)CC4)c(C)[nH]c23)c(OCC2CC2)c1.Cl. The number of nitrogens with one attached hydrogen (secondary N) is 2. The molecule has 1 amide bonds. The van der Waals surface area contributed by atoms with Crippen molar-refractivity contribution in [3.05, 3.63) is 35.8 Å². The molecule has 2 saturated carbocycles. The summed E-state index contributed by atoms with van der Waals surface area (Å²) in [7, 11) is 1.64. The highest BCUT2D eigenvalue weighted by atomic mass is 35.5. The first kappa shape index (κ1) is 24.3. The number of H-pyrrole nitrogens is 1. The van der Waals surface area contributed by atoms with Gasteiger partial charge in [0.25, 0.3) is 5.91 Å². The van der Waals surface area contributed by atoms with E-state index in [1.165, 1.54) is 19.2 Å². The summed E-state index contributed by atoms with van der Waals surface area (Å²) in [6.07, 6.45) is 7.60. The average Bonchev–Trinajstić information content (AvgIpc) is 3.58. The van der Waals surface area contributed by atoms with Crippen LogP contribution >= 0.6 is 12.4 Å². The van der Waals surface area contributed by atoms with Gasteiger partial charge in [0.2, 0.25) is 0 Å². The lowest BCUT2D eigenvalue weighted by Gasteiger charge is -2.26. The van der Waals surface area contributed by atoms with Crippen LogP contribution in [0.4, 0.5) is 0 Å². The van der Waals surface area contributed by atoms with Crippen LogP contribution in [-0.2, 0) is 0 Å². The van der Waals surface area contributed by atoms with Crippen molar-refractivity contribution in [1.29, 1.82) is 0 Å². The van der Waals surface area contributed by atoms with Crippen LogP contribution in [0.15, 0.2) is 24.5 Å². The fourth-order valence-electron chi connectivity index (χ4n) is 4.56. The number of aromatic amines is 1. The van der Waals surface area contributed by atoms with Crippen molar-refractivity contribution in [3.8, 4) is 22.8 Å². The maximum atomic E-state index is 13.2. The Hall–Kier alpha value is -2.84. The molecule has 3 aromatic rings. The van der Waals surface area contributed by atoms with Gasteiger partial charge in [0.05, 0.1) is 24.8 Å². The Morgan fingerprint density at radius 1 is 1.18 bits per heavy atom. The molecule has 2 heterocycles. The standard InChI is InChI=1S/C25H31N5O3.ClH/c1-14-21(25(31)30-17-7-5-16(26)6-8-17)23-24(29-14)22(27-13-28-23)19-10-9-18(32-2)11-20(19)33-12-15-3-4-15;/h9-11,13,15-17,29H,3-8,12,26H2,1-2H3,(H,30,31);1H. The predicted octanol–water partition coefficient (Wildman–Crippen LogP) is 4.15.